The first kappa shape index (κ1) is 14.4. The van der Waals surface area contributed by atoms with Crippen molar-refractivity contribution < 1.29 is 4.74 Å². The van der Waals surface area contributed by atoms with Gasteiger partial charge in [0.05, 0.1) is 7.11 Å². The molecule has 0 saturated carbocycles. The second-order valence-corrected chi connectivity index (χ2v) is 6.68. The van der Waals surface area contributed by atoms with Crippen LogP contribution in [0.2, 0.25) is 0 Å². The lowest BCUT2D eigenvalue weighted by molar-refractivity contribution is 0.394. The van der Waals surface area contributed by atoms with E-state index in [2.05, 4.69) is 45.1 Å². The van der Waals surface area contributed by atoms with Crippen LogP contribution in [-0.2, 0) is 5.41 Å². The normalized spacial score (nSPS) is 17.5. The third kappa shape index (κ3) is 3.11. The van der Waals surface area contributed by atoms with Crippen LogP contribution >= 0.6 is 0 Å². The smallest absolute Gasteiger partial charge is 0.122 e. The Labute approximate surface area is 117 Å². The summed E-state index contributed by atoms with van der Waals surface area (Å²) < 4.78 is 5.64. The van der Waals surface area contributed by atoms with E-state index in [9.17, 15) is 0 Å². The summed E-state index contributed by atoms with van der Waals surface area (Å²) in [6, 6.07) is 4.61. The first-order chi connectivity index (χ1) is 8.93. The first-order valence-electron chi connectivity index (χ1n) is 7.33. The van der Waals surface area contributed by atoms with Gasteiger partial charge in [0.1, 0.15) is 5.75 Å². The van der Waals surface area contributed by atoms with Crippen molar-refractivity contribution >= 4 is 0 Å². The zero-order valence-corrected chi connectivity index (χ0v) is 13.0. The topological polar surface area (TPSA) is 21.3 Å². The van der Waals surface area contributed by atoms with E-state index in [1.807, 2.05) is 0 Å². The molecule has 1 aliphatic rings. The van der Waals surface area contributed by atoms with Crippen molar-refractivity contribution in [3.05, 3.63) is 28.8 Å². The van der Waals surface area contributed by atoms with Crippen molar-refractivity contribution in [3.8, 4) is 5.75 Å². The molecule has 19 heavy (non-hydrogen) atoms. The molecule has 0 atom stereocenters. The molecule has 1 fully saturated rings. The first-order valence-corrected chi connectivity index (χ1v) is 7.33. The predicted octanol–water partition coefficient (Wildman–Crippen LogP) is 3.77. The Kier molecular flexibility index (Phi) is 4.19. The summed E-state index contributed by atoms with van der Waals surface area (Å²) in [6.07, 6.45) is 2.47. The van der Waals surface area contributed by atoms with Gasteiger partial charge in [-0.3, -0.25) is 0 Å². The van der Waals surface area contributed by atoms with E-state index in [0.717, 1.165) is 18.8 Å². The maximum absolute atomic E-state index is 5.64. The second-order valence-electron chi connectivity index (χ2n) is 6.68. The van der Waals surface area contributed by atoms with Gasteiger partial charge in [0.2, 0.25) is 0 Å². The van der Waals surface area contributed by atoms with Crippen LogP contribution in [0.5, 0.6) is 5.75 Å². The fourth-order valence-corrected chi connectivity index (χ4v) is 3.03. The minimum atomic E-state index is 0.128. The molecule has 1 aromatic carbocycles. The highest BCUT2D eigenvalue weighted by molar-refractivity contribution is 5.47. The van der Waals surface area contributed by atoms with Crippen LogP contribution in [0.4, 0.5) is 0 Å². The van der Waals surface area contributed by atoms with Crippen molar-refractivity contribution in [2.75, 3.05) is 20.2 Å². The van der Waals surface area contributed by atoms with Crippen LogP contribution in [0.1, 0.15) is 56.2 Å². The number of aryl methyl sites for hydroxylation is 1. The molecule has 0 unspecified atom stereocenters. The minimum Gasteiger partial charge on any atom is -0.496 e. The SMILES string of the molecule is COc1cc(C2CCNCC2)c(C)cc1C(C)(C)C. The summed E-state index contributed by atoms with van der Waals surface area (Å²) in [5.74, 6) is 1.73. The number of benzene rings is 1. The highest BCUT2D eigenvalue weighted by Crippen LogP contribution is 2.37. The van der Waals surface area contributed by atoms with Crippen molar-refractivity contribution in [2.45, 2.75) is 51.9 Å². The molecule has 1 saturated heterocycles. The molecule has 0 bridgehead atoms. The molecule has 1 heterocycles. The molecule has 0 aromatic heterocycles. The third-order valence-corrected chi connectivity index (χ3v) is 4.18. The molecule has 0 aliphatic carbocycles. The van der Waals surface area contributed by atoms with Gasteiger partial charge in [0, 0.05) is 0 Å². The van der Waals surface area contributed by atoms with E-state index >= 15 is 0 Å². The number of methoxy groups -OCH3 is 1. The highest BCUT2D eigenvalue weighted by atomic mass is 16.5. The lowest BCUT2D eigenvalue weighted by atomic mass is 9.81. The Bertz CT molecular complexity index is 439. The van der Waals surface area contributed by atoms with Gasteiger partial charge in [-0.25, -0.2) is 0 Å². The zero-order chi connectivity index (χ0) is 14.0. The molecule has 106 valence electrons. The summed E-state index contributed by atoms with van der Waals surface area (Å²) in [4.78, 5) is 0. The largest absolute Gasteiger partial charge is 0.496 e. The number of hydrogen-bond donors (Lipinski definition) is 1. The van der Waals surface area contributed by atoms with Gasteiger partial charge in [0.15, 0.2) is 0 Å². The summed E-state index contributed by atoms with van der Waals surface area (Å²) in [7, 11) is 1.78. The summed E-state index contributed by atoms with van der Waals surface area (Å²) in [5, 5.41) is 3.44. The molecule has 0 amide bonds. The zero-order valence-electron chi connectivity index (χ0n) is 13.0. The van der Waals surface area contributed by atoms with Crippen LogP contribution in [0, 0.1) is 6.92 Å². The molecule has 0 spiro atoms. The van der Waals surface area contributed by atoms with Crippen molar-refractivity contribution in [1.29, 1.82) is 0 Å². The number of ether oxygens (including phenoxy) is 1. The fraction of sp³-hybridized carbons (Fsp3) is 0.647. The van der Waals surface area contributed by atoms with Gasteiger partial charge in [-0.05, 0) is 66.9 Å². The Morgan fingerprint density at radius 2 is 1.79 bits per heavy atom. The Balaban J connectivity index is 2.41. The van der Waals surface area contributed by atoms with Crippen LogP contribution in [0.25, 0.3) is 0 Å². The van der Waals surface area contributed by atoms with Crippen molar-refractivity contribution in [2.24, 2.45) is 0 Å². The minimum absolute atomic E-state index is 0.128. The molecular weight excluding hydrogens is 234 g/mol. The third-order valence-electron chi connectivity index (χ3n) is 4.18. The van der Waals surface area contributed by atoms with E-state index < -0.39 is 0 Å². The van der Waals surface area contributed by atoms with Crippen molar-refractivity contribution in [1.82, 2.24) is 5.32 Å². The highest BCUT2D eigenvalue weighted by Gasteiger charge is 2.23. The van der Waals surface area contributed by atoms with Crippen LogP contribution in [-0.4, -0.2) is 20.2 Å². The van der Waals surface area contributed by atoms with Crippen LogP contribution < -0.4 is 10.1 Å². The quantitative estimate of drug-likeness (QED) is 0.875. The number of hydrogen-bond acceptors (Lipinski definition) is 2. The molecule has 2 heteroatoms. The summed E-state index contributed by atoms with van der Waals surface area (Å²) in [5.41, 5.74) is 4.33. The Hall–Kier alpha value is -1.02. The molecular formula is C17H27NO. The summed E-state index contributed by atoms with van der Waals surface area (Å²) in [6.45, 7) is 11.2. The van der Waals surface area contributed by atoms with E-state index in [1.165, 1.54) is 29.5 Å². The van der Waals surface area contributed by atoms with E-state index in [0.29, 0.717) is 5.92 Å². The molecule has 1 aliphatic heterocycles. The Morgan fingerprint density at radius 1 is 1.16 bits per heavy atom. The average Bonchev–Trinajstić information content (AvgIpc) is 2.38. The lowest BCUT2D eigenvalue weighted by Gasteiger charge is -2.28. The van der Waals surface area contributed by atoms with E-state index in [-0.39, 0.29) is 5.41 Å². The molecule has 0 radical (unpaired) electrons. The number of rotatable bonds is 2. The maximum atomic E-state index is 5.64. The monoisotopic (exact) mass is 261 g/mol. The average molecular weight is 261 g/mol. The van der Waals surface area contributed by atoms with Crippen molar-refractivity contribution in [3.63, 3.8) is 0 Å². The second kappa shape index (κ2) is 5.54. The van der Waals surface area contributed by atoms with Crippen LogP contribution in [0.3, 0.4) is 0 Å². The molecule has 1 aromatic rings. The lowest BCUT2D eigenvalue weighted by Crippen LogP contribution is -2.27. The molecule has 2 rings (SSSR count). The van der Waals surface area contributed by atoms with Gasteiger partial charge < -0.3 is 10.1 Å². The van der Waals surface area contributed by atoms with Gasteiger partial charge in [-0.2, -0.15) is 0 Å². The number of nitrogens with one attached hydrogen (secondary N) is 1. The van der Waals surface area contributed by atoms with Gasteiger partial charge in [-0.15, -0.1) is 0 Å². The maximum Gasteiger partial charge on any atom is 0.122 e. The fourth-order valence-electron chi connectivity index (χ4n) is 3.03. The Morgan fingerprint density at radius 3 is 2.32 bits per heavy atom. The van der Waals surface area contributed by atoms with Gasteiger partial charge >= 0.3 is 0 Å². The van der Waals surface area contributed by atoms with Gasteiger partial charge in [-0.1, -0.05) is 26.8 Å². The van der Waals surface area contributed by atoms with E-state index in [1.54, 1.807) is 7.11 Å². The summed E-state index contributed by atoms with van der Waals surface area (Å²) >= 11 is 0. The number of piperidine rings is 1. The van der Waals surface area contributed by atoms with E-state index in [4.69, 9.17) is 4.74 Å². The molecule has 2 nitrogen and oxygen atoms in total. The standard InChI is InChI=1S/C17H27NO/c1-12-10-15(17(2,3)4)16(19-5)11-14(12)13-6-8-18-9-7-13/h10-11,13,18H,6-9H2,1-5H3. The van der Waals surface area contributed by atoms with Gasteiger partial charge in [0.25, 0.3) is 0 Å². The molecule has 1 N–H and O–H groups in total. The van der Waals surface area contributed by atoms with Crippen LogP contribution in [0.15, 0.2) is 12.1 Å². The predicted molar refractivity (Wildman–Crippen MR) is 81.3 cm³/mol.